The zero-order chi connectivity index (χ0) is 7.45. The molecule has 0 saturated heterocycles. The summed E-state index contributed by atoms with van der Waals surface area (Å²) in [6.07, 6.45) is 7.61. The molecule has 0 N–H and O–H groups in total. The van der Waals surface area contributed by atoms with E-state index in [2.05, 4.69) is 19.9 Å². The molecule has 0 radical (unpaired) electrons. The summed E-state index contributed by atoms with van der Waals surface area (Å²) >= 11 is 0. The first-order valence-corrected chi connectivity index (χ1v) is 4.09. The Balaban J connectivity index is 2.55. The maximum atomic E-state index is 5.29. The molecule has 1 heterocycles. The van der Waals surface area contributed by atoms with Gasteiger partial charge in [-0.25, -0.2) is 0 Å². The van der Waals surface area contributed by atoms with Gasteiger partial charge in [0.15, 0.2) is 0 Å². The zero-order valence-corrected chi connectivity index (χ0v) is 6.89. The highest BCUT2D eigenvalue weighted by molar-refractivity contribution is 4.91. The van der Waals surface area contributed by atoms with Gasteiger partial charge < -0.3 is 4.74 Å². The topological polar surface area (TPSA) is 9.23 Å². The third kappa shape index (κ3) is 1.34. The molecule has 1 aliphatic rings. The lowest BCUT2D eigenvalue weighted by Crippen LogP contribution is -2.26. The Morgan fingerprint density at radius 2 is 2.10 bits per heavy atom. The normalized spacial score (nSPS) is 22.2. The Kier molecular flexibility index (Phi) is 2.36. The van der Waals surface area contributed by atoms with Crippen molar-refractivity contribution >= 4 is 0 Å². The van der Waals surface area contributed by atoms with Crippen LogP contribution in [0.1, 0.15) is 33.1 Å². The molecule has 0 aromatic rings. The van der Waals surface area contributed by atoms with E-state index in [1.807, 2.05) is 6.26 Å². The fourth-order valence-corrected chi connectivity index (χ4v) is 1.39. The predicted octanol–water partition coefficient (Wildman–Crippen LogP) is 2.73. The van der Waals surface area contributed by atoms with Crippen LogP contribution in [0.3, 0.4) is 0 Å². The van der Waals surface area contributed by atoms with E-state index < -0.39 is 0 Å². The van der Waals surface area contributed by atoms with Gasteiger partial charge in [-0.05, 0) is 25.3 Å². The summed E-state index contributed by atoms with van der Waals surface area (Å²) < 4.78 is 5.29. The van der Waals surface area contributed by atoms with E-state index in [1.165, 1.54) is 19.3 Å². The molecule has 10 heavy (non-hydrogen) atoms. The van der Waals surface area contributed by atoms with Crippen molar-refractivity contribution in [2.75, 3.05) is 6.61 Å². The molecule has 58 valence electrons. The maximum absolute atomic E-state index is 5.29. The quantitative estimate of drug-likeness (QED) is 0.573. The number of rotatable bonds is 2. The summed E-state index contributed by atoms with van der Waals surface area (Å²) in [6, 6.07) is 0. The van der Waals surface area contributed by atoms with Gasteiger partial charge in [-0.1, -0.05) is 13.8 Å². The van der Waals surface area contributed by atoms with E-state index in [-0.39, 0.29) is 0 Å². The van der Waals surface area contributed by atoms with Crippen molar-refractivity contribution in [2.45, 2.75) is 33.1 Å². The molecule has 1 rings (SSSR count). The molecule has 0 bridgehead atoms. The molecular weight excluding hydrogens is 124 g/mol. The lowest BCUT2D eigenvalue weighted by molar-refractivity contribution is 0.0834. The van der Waals surface area contributed by atoms with Crippen LogP contribution in [-0.4, -0.2) is 6.61 Å². The zero-order valence-electron chi connectivity index (χ0n) is 6.89. The third-order valence-electron chi connectivity index (χ3n) is 2.63. The number of allylic oxidation sites excluding steroid dienone is 1. The highest BCUT2D eigenvalue weighted by Crippen LogP contribution is 2.33. The lowest BCUT2D eigenvalue weighted by atomic mass is 9.79. The predicted molar refractivity (Wildman–Crippen MR) is 42.7 cm³/mol. The van der Waals surface area contributed by atoms with Crippen molar-refractivity contribution in [3.63, 3.8) is 0 Å². The molecule has 0 saturated carbocycles. The molecule has 0 aliphatic carbocycles. The Hall–Kier alpha value is -0.460. The van der Waals surface area contributed by atoms with Crippen molar-refractivity contribution in [2.24, 2.45) is 5.41 Å². The Bertz CT molecular complexity index is 123. The molecule has 0 spiro atoms. The molecule has 0 atom stereocenters. The van der Waals surface area contributed by atoms with Crippen molar-refractivity contribution in [1.82, 2.24) is 0 Å². The maximum Gasteiger partial charge on any atom is 0.0932 e. The van der Waals surface area contributed by atoms with E-state index in [0.29, 0.717) is 5.41 Å². The monoisotopic (exact) mass is 140 g/mol. The smallest absolute Gasteiger partial charge is 0.0932 e. The van der Waals surface area contributed by atoms with Crippen molar-refractivity contribution in [3.8, 4) is 0 Å². The summed E-state index contributed by atoms with van der Waals surface area (Å²) in [4.78, 5) is 0. The van der Waals surface area contributed by atoms with Gasteiger partial charge in [0.1, 0.15) is 0 Å². The van der Waals surface area contributed by atoms with E-state index in [1.54, 1.807) is 0 Å². The molecule has 0 aromatic carbocycles. The van der Waals surface area contributed by atoms with Crippen LogP contribution in [0, 0.1) is 5.41 Å². The van der Waals surface area contributed by atoms with Gasteiger partial charge in [0.2, 0.25) is 0 Å². The highest BCUT2D eigenvalue weighted by atomic mass is 16.5. The van der Waals surface area contributed by atoms with Gasteiger partial charge in [0.05, 0.1) is 12.9 Å². The molecule has 0 aromatic heterocycles. The lowest BCUT2D eigenvalue weighted by Gasteiger charge is -2.32. The fourth-order valence-electron chi connectivity index (χ4n) is 1.39. The first kappa shape index (κ1) is 7.64. The molecule has 1 heteroatoms. The fraction of sp³-hybridized carbons (Fsp3) is 0.778. The van der Waals surface area contributed by atoms with Crippen molar-refractivity contribution in [3.05, 3.63) is 12.3 Å². The van der Waals surface area contributed by atoms with Crippen LogP contribution in [0.4, 0.5) is 0 Å². The SMILES string of the molecule is CCC1(CC)CC=COC1. The standard InChI is InChI=1S/C9H16O/c1-3-9(4-2)6-5-7-10-8-9/h5,7H,3-4,6,8H2,1-2H3. The van der Waals surface area contributed by atoms with Gasteiger partial charge in [-0.15, -0.1) is 0 Å². The summed E-state index contributed by atoms with van der Waals surface area (Å²) in [5, 5.41) is 0. The average Bonchev–Trinajstić information content (AvgIpc) is 2.06. The Morgan fingerprint density at radius 1 is 1.40 bits per heavy atom. The van der Waals surface area contributed by atoms with E-state index >= 15 is 0 Å². The largest absolute Gasteiger partial charge is 0.501 e. The summed E-state index contributed by atoms with van der Waals surface area (Å²) in [5.74, 6) is 0. The second kappa shape index (κ2) is 3.09. The number of ether oxygens (including phenoxy) is 1. The Labute approximate surface area is 63.1 Å². The minimum atomic E-state index is 0.453. The molecular formula is C9H16O. The molecule has 1 nitrogen and oxygen atoms in total. The van der Waals surface area contributed by atoms with Crippen LogP contribution in [0.2, 0.25) is 0 Å². The van der Waals surface area contributed by atoms with Gasteiger partial charge in [0.25, 0.3) is 0 Å². The van der Waals surface area contributed by atoms with Crippen LogP contribution in [0.15, 0.2) is 12.3 Å². The van der Waals surface area contributed by atoms with Crippen LogP contribution >= 0.6 is 0 Å². The number of hydrogen-bond acceptors (Lipinski definition) is 1. The van der Waals surface area contributed by atoms with E-state index in [0.717, 1.165) is 6.61 Å². The summed E-state index contributed by atoms with van der Waals surface area (Å²) in [5.41, 5.74) is 0.453. The third-order valence-corrected chi connectivity index (χ3v) is 2.63. The first-order valence-electron chi connectivity index (χ1n) is 4.09. The van der Waals surface area contributed by atoms with Gasteiger partial charge in [0, 0.05) is 5.41 Å². The van der Waals surface area contributed by atoms with E-state index in [4.69, 9.17) is 4.74 Å². The Morgan fingerprint density at radius 3 is 2.40 bits per heavy atom. The first-order chi connectivity index (χ1) is 4.83. The van der Waals surface area contributed by atoms with Crippen LogP contribution in [0.5, 0.6) is 0 Å². The summed E-state index contributed by atoms with van der Waals surface area (Å²) in [7, 11) is 0. The van der Waals surface area contributed by atoms with Gasteiger partial charge >= 0.3 is 0 Å². The molecule has 0 fully saturated rings. The van der Waals surface area contributed by atoms with Crippen molar-refractivity contribution in [1.29, 1.82) is 0 Å². The number of hydrogen-bond donors (Lipinski definition) is 0. The van der Waals surface area contributed by atoms with Crippen LogP contribution in [0.25, 0.3) is 0 Å². The minimum absolute atomic E-state index is 0.453. The summed E-state index contributed by atoms with van der Waals surface area (Å²) in [6.45, 7) is 5.40. The average molecular weight is 140 g/mol. The molecule has 1 aliphatic heterocycles. The van der Waals surface area contributed by atoms with Crippen LogP contribution in [-0.2, 0) is 4.74 Å². The van der Waals surface area contributed by atoms with Crippen LogP contribution < -0.4 is 0 Å². The van der Waals surface area contributed by atoms with Gasteiger partial charge in [-0.2, -0.15) is 0 Å². The second-order valence-corrected chi connectivity index (χ2v) is 3.09. The molecule has 0 amide bonds. The minimum Gasteiger partial charge on any atom is -0.501 e. The highest BCUT2D eigenvalue weighted by Gasteiger charge is 2.26. The molecule has 0 unspecified atom stereocenters. The van der Waals surface area contributed by atoms with E-state index in [9.17, 15) is 0 Å². The van der Waals surface area contributed by atoms with Crippen molar-refractivity contribution < 1.29 is 4.74 Å². The second-order valence-electron chi connectivity index (χ2n) is 3.09. The van der Waals surface area contributed by atoms with Gasteiger partial charge in [-0.3, -0.25) is 0 Å².